The van der Waals surface area contributed by atoms with E-state index in [4.69, 9.17) is 9.72 Å². The van der Waals surface area contributed by atoms with Gasteiger partial charge in [-0.1, -0.05) is 30.3 Å². The smallest absolute Gasteiger partial charge is 0.245 e. The second-order valence-corrected chi connectivity index (χ2v) is 8.72. The SMILES string of the molecule is COCc1nc(NC(C)C(=O)N2CCCCC2C)c2c(-c3ccccc3)csc2n1. The molecule has 0 spiro atoms. The van der Waals surface area contributed by atoms with Crippen LogP contribution in [0, 0.1) is 0 Å². The number of rotatable bonds is 6. The highest BCUT2D eigenvalue weighted by molar-refractivity contribution is 7.17. The van der Waals surface area contributed by atoms with Gasteiger partial charge in [0.25, 0.3) is 0 Å². The zero-order valence-corrected chi connectivity index (χ0v) is 18.5. The molecule has 1 aromatic carbocycles. The van der Waals surface area contributed by atoms with Crippen LogP contribution in [0.1, 0.15) is 38.9 Å². The van der Waals surface area contributed by atoms with Gasteiger partial charge in [-0.2, -0.15) is 0 Å². The lowest BCUT2D eigenvalue weighted by atomic mass is 10.0. The van der Waals surface area contributed by atoms with Crippen LogP contribution in [0.5, 0.6) is 0 Å². The van der Waals surface area contributed by atoms with E-state index in [1.54, 1.807) is 18.4 Å². The normalized spacial score (nSPS) is 17.8. The highest BCUT2D eigenvalue weighted by atomic mass is 32.1. The summed E-state index contributed by atoms with van der Waals surface area (Å²) < 4.78 is 5.26. The Morgan fingerprint density at radius 2 is 2.10 bits per heavy atom. The molecule has 2 unspecified atom stereocenters. The number of ether oxygens (including phenoxy) is 1. The third kappa shape index (κ3) is 4.18. The van der Waals surface area contributed by atoms with Gasteiger partial charge in [0.15, 0.2) is 5.82 Å². The van der Waals surface area contributed by atoms with Gasteiger partial charge in [-0.05, 0) is 38.7 Å². The molecule has 0 aliphatic carbocycles. The summed E-state index contributed by atoms with van der Waals surface area (Å²) in [4.78, 5) is 25.4. The predicted octanol–water partition coefficient (Wildman–Crippen LogP) is 4.71. The Morgan fingerprint density at radius 1 is 1.30 bits per heavy atom. The summed E-state index contributed by atoms with van der Waals surface area (Å²) in [5.74, 6) is 1.43. The van der Waals surface area contributed by atoms with Gasteiger partial charge >= 0.3 is 0 Å². The minimum Gasteiger partial charge on any atom is -0.377 e. The third-order valence-electron chi connectivity index (χ3n) is 5.65. The van der Waals surface area contributed by atoms with E-state index in [9.17, 15) is 4.79 Å². The minimum absolute atomic E-state index is 0.124. The van der Waals surface area contributed by atoms with Crippen molar-refractivity contribution in [2.45, 2.75) is 51.8 Å². The first-order valence-corrected chi connectivity index (χ1v) is 11.4. The monoisotopic (exact) mass is 424 g/mol. The molecule has 4 rings (SSSR count). The van der Waals surface area contributed by atoms with Crippen LogP contribution in [0.2, 0.25) is 0 Å². The Labute approximate surface area is 181 Å². The summed E-state index contributed by atoms with van der Waals surface area (Å²) in [6.07, 6.45) is 3.33. The number of likely N-dealkylation sites (tertiary alicyclic amines) is 1. The molecular formula is C23H28N4O2S. The molecule has 2 aromatic heterocycles. The zero-order valence-electron chi connectivity index (χ0n) is 17.7. The summed E-state index contributed by atoms with van der Waals surface area (Å²) in [5, 5.41) is 6.47. The molecule has 6 nitrogen and oxygen atoms in total. The number of hydrogen-bond donors (Lipinski definition) is 1. The Hall–Kier alpha value is -2.51. The largest absolute Gasteiger partial charge is 0.377 e. The zero-order chi connectivity index (χ0) is 21.1. The number of hydrogen-bond acceptors (Lipinski definition) is 6. The molecule has 1 N–H and O–H groups in total. The average Bonchev–Trinajstić information content (AvgIpc) is 3.19. The number of fused-ring (bicyclic) bond motifs is 1. The molecule has 1 aliphatic heterocycles. The molecule has 30 heavy (non-hydrogen) atoms. The first-order chi connectivity index (χ1) is 14.6. The molecule has 0 radical (unpaired) electrons. The Balaban J connectivity index is 1.70. The van der Waals surface area contributed by atoms with Crippen molar-refractivity contribution in [1.82, 2.24) is 14.9 Å². The number of nitrogens with zero attached hydrogens (tertiary/aromatic N) is 3. The van der Waals surface area contributed by atoms with Gasteiger partial charge < -0.3 is 15.0 Å². The van der Waals surface area contributed by atoms with Crippen LogP contribution in [0.15, 0.2) is 35.7 Å². The van der Waals surface area contributed by atoms with Gasteiger partial charge in [-0.3, -0.25) is 4.79 Å². The third-order valence-corrected chi connectivity index (χ3v) is 6.52. The van der Waals surface area contributed by atoms with Gasteiger partial charge in [0.05, 0.1) is 5.39 Å². The quantitative estimate of drug-likeness (QED) is 0.621. The van der Waals surface area contributed by atoms with E-state index < -0.39 is 0 Å². The Kier molecular flexibility index (Phi) is 6.29. The average molecular weight is 425 g/mol. The lowest BCUT2D eigenvalue weighted by molar-refractivity contribution is -0.134. The van der Waals surface area contributed by atoms with Crippen LogP contribution < -0.4 is 5.32 Å². The fraction of sp³-hybridized carbons (Fsp3) is 0.435. The number of piperidine rings is 1. The predicted molar refractivity (Wildman–Crippen MR) is 122 cm³/mol. The molecule has 3 heterocycles. The van der Waals surface area contributed by atoms with E-state index in [1.165, 1.54) is 6.42 Å². The van der Waals surface area contributed by atoms with E-state index in [0.29, 0.717) is 18.2 Å². The molecule has 7 heteroatoms. The molecule has 1 fully saturated rings. The molecule has 2 atom stereocenters. The number of thiophene rings is 1. The van der Waals surface area contributed by atoms with Crippen molar-refractivity contribution < 1.29 is 9.53 Å². The highest BCUT2D eigenvalue weighted by Gasteiger charge is 2.28. The van der Waals surface area contributed by atoms with Gasteiger partial charge in [0.2, 0.25) is 5.91 Å². The fourth-order valence-electron chi connectivity index (χ4n) is 4.06. The highest BCUT2D eigenvalue weighted by Crippen LogP contribution is 2.37. The second kappa shape index (κ2) is 9.10. The van der Waals surface area contributed by atoms with Crippen LogP contribution >= 0.6 is 11.3 Å². The van der Waals surface area contributed by atoms with Crippen LogP contribution in [-0.2, 0) is 16.1 Å². The van der Waals surface area contributed by atoms with E-state index >= 15 is 0 Å². The first-order valence-electron chi connectivity index (χ1n) is 10.5. The number of carbonyl (C=O) groups is 1. The number of nitrogens with one attached hydrogen (secondary N) is 1. The van der Waals surface area contributed by atoms with Crippen molar-refractivity contribution in [2.75, 3.05) is 19.0 Å². The molecule has 0 bridgehead atoms. The van der Waals surface area contributed by atoms with E-state index in [1.807, 2.05) is 30.0 Å². The van der Waals surface area contributed by atoms with Crippen molar-refractivity contribution in [2.24, 2.45) is 0 Å². The van der Waals surface area contributed by atoms with Gasteiger partial charge in [-0.25, -0.2) is 9.97 Å². The number of carbonyl (C=O) groups excluding carboxylic acids is 1. The number of methoxy groups -OCH3 is 1. The maximum atomic E-state index is 13.2. The van der Waals surface area contributed by atoms with Crippen molar-refractivity contribution in [3.63, 3.8) is 0 Å². The topological polar surface area (TPSA) is 67.3 Å². The van der Waals surface area contributed by atoms with Gasteiger partial charge in [0.1, 0.15) is 23.3 Å². The number of amides is 1. The van der Waals surface area contributed by atoms with E-state index in [-0.39, 0.29) is 18.0 Å². The van der Waals surface area contributed by atoms with Crippen LogP contribution in [-0.4, -0.2) is 46.5 Å². The summed E-state index contributed by atoms with van der Waals surface area (Å²) in [6.45, 7) is 5.21. The second-order valence-electron chi connectivity index (χ2n) is 7.86. The first kappa shape index (κ1) is 20.8. The van der Waals surface area contributed by atoms with E-state index in [2.05, 4.69) is 34.7 Å². The van der Waals surface area contributed by atoms with Crippen molar-refractivity contribution in [1.29, 1.82) is 0 Å². The summed E-state index contributed by atoms with van der Waals surface area (Å²) >= 11 is 1.58. The lowest BCUT2D eigenvalue weighted by Crippen LogP contribution is -2.48. The van der Waals surface area contributed by atoms with E-state index in [0.717, 1.165) is 40.7 Å². The Bertz CT molecular complexity index is 1020. The molecule has 1 amide bonds. The number of aromatic nitrogens is 2. The molecule has 1 aliphatic rings. The summed E-state index contributed by atoms with van der Waals surface area (Å²) in [6, 6.07) is 10.1. The molecule has 158 valence electrons. The van der Waals surface area contributed by atoms with Crippen LogP contribution in [0.4, 0.5) is 5.82 Å². The minimum atomic E-state index is -0.373. The van der Waals surface area contributed by atoms with Crippen LogP contribution in [0.25, 0.3) is 21.3 Å². The number of anilines is 1. The number of benzene rings is 1. The lowest BCUT2D eigenvalue weighted by Gasteiger charge is -2.35. The van der Waals surface area contributed by atoms with Gasteiger partial charge in [0, 0.05) is 30.6 Å². The maximum Gasteiger partial charge on any atom is 0.245 e. The van der Waals surface area contributed by atoms with Crippen molar-refractivity contribution >= 4 is 33.3 Å². The Morgan fingerprint density at radius 3 is 2.83 bits per heavy atom. The fourth-order valence-corrected chi connectivity index (χ4v) is 5.02. The molecule has 1 saturated heterocycles. The van der Waals surface area contributed by atoms with Crippen molar-refractivity contribution in [3.05, 3.63) is 41.5 Å². The summed E-state index contributed by atoms with van der Waals surface area (Å²) in [5.41, 5.74) is 2.19. The van der Waals surface area contributed by atoms with Crippen molar-refractivity contribution in [3.8, 4) is 11.1 Å². The van der Waals surface area contributed by atoms with Crippen LogP contribution in [0.3, 0.4) is 0 Å². The van der Waals surface area contributed by atoms with Gasteiger partial charge in [-0.15, -0.1) is 11.3 Å². The molecule has 3 aromatic rings. The molecule has 0 saturated carbocycles. The standard InChI is InChI=1S/C23H28N4O2S/c1-15-9-7-8-12-27(15)23(28)16(2)24-21-20-18(17-10-5-4-6-11-17)14-30-22(20)26-19(25-21)13-29-3/h4-6,10-11,14-16H,7-9,12-13H2,1-3H3,(H,24,25,26). The maximum absolute atomic E-state index is 13.2. The molecular weight excluding hydrogens is 396 g/mol. The summed E-state index contributed by atoms with van der Waals surface area (Å²) in [7, 11) is 1.63.